The van der Waals surface area contributed by atoms with Gasteiger partial charge in [0.1, 0.15) is 12.4 Å². The molecule has 0 unspecified atom stereocenters. The van der Waals surface area contributed by atoms with Gasteiger partial charge >= 0.3 is 5.97 Å². The molecule has 1 aliphatic rings. The van der Waals surface area contributed by atoms with Gasteiger partial charge in [0.15, 0.2) is 11.6 Å². The highest BCUT2D eigenvalue weighted by molar-refractivity contribution is 5.95. The number of methoxy groups -OCH3 is 1. The number of anilines is 1. The third kappa shape index (κ3) is 11.3. The van der Waals surface area contributed by atoms with Gasteiger partial charge in [0, 0.05) is 49.0 Å². The number of amides is 1. The van der Waals surface area contributed by atoms with Crippen molar-refractivity contribution in [1.82, 2.24) is 30.8 Å². The second kappa shape index (κ2) is 19.5. The first-order chi connectivity index (χ1) is 25.0. The van der Waals surface area contributed by atoms with Gasteiger partial charge in [0.25, 0.3) is 5.91 Å². The minimum Gasteiger partial charge on any atom is -0.494 e. The second-order valence-corrected chi connectivity index (χ2v) is 12.6. The van der Waals surface area contributed by atoms with Crippen LogP contribution in [0.4, 0.5) is 5.69 Å². The number of rotatable bonds is 20. The van der Waals surface area contributed by atoms with Gasteiger partial charge in [-0.3, -0.25) is 9.78 Å². The zero-order valence-corrected chi connectivity index (χ0v) is 29.5. The van der Waals surface area contributed by atoms with Crippen LogP contribution in [0.15, 0.2) is 73.1 Å². The lowest BCUT2D eigenvalue weighted by molar-refractivity contribution is -0.146. The maximum absolute atomic E-state index is 13.4. The van der Waals surface area contributed by atoms with E-state index in [2.05, 4.69) is 40.9 Å². The van der Waals surface area contributed by atoms with Gasteiger partial charge in [-0.15, -0.1) is 10.2 Å². The van der Waals surface area contributed by atoms with E-state index in [1.807, 2.05) is 67.6 Å². The molecule has 4 aromatic rings. The Morgan fingerprint density at radius 1 is 0.882 bits per heavy atom. The summed E-state index contributed by atoms with van der Waals surface area (Å²) in [4.78, 5) is 32.0. The van der Waals surface area contributed by atoms with Crippen LogP contribution >= 0.6 is 0 Å². The van der Waals surface area contributed by atoms with Crippen molar-refractivity contribution in [2.24, 2.45) is 0 Å². The quantitative estimate of drug-likeness (QED) is 0.0710. The molecule has 272 valence electrons. The predicted molar refractivity (Wildman–Crippen MR) is 193 cm³/mol. The Balaban J connectivity index is 1.07. The summed E-state index contributed by atoms with van der Waals surface area (Å²) in [5.74, 6) is 1.70. The molecule has 0 saturated carbocycles. The van der Waals surface area contributed by atoms with Crippen LogP contribution in [-0.2, 0) is 24.5 Å². The van der Waals surface area contributed by atoms with E-state index in [1.165, 1.54) is 7.11 Å². The largest absolute Gasteiger partial charge is 0.494 e. The number of H-pyrrole nitrogens is 1. The summed E-state index contributed by atoms with van der Waals surface area (Å²) in [6.07, 6.45) is 8.65. The minimum atomic E-state index is -0.468. The summed E-state index contributed by atoms with van der Waals surface area (Å²) in [6.45, 7) is 5.94. The molecular weight excluding hydrogens is 650 g/mol. The molecule has 1 aliphatic heterocycles. The third-order valence-corrected chi connectivity index (χ3v) is 8.79. The van der Waals surface area contributed by atoms with E-state index >= 15 is 0 Å². The van der Waals surface area contributed by atoms with Crippen LogP contribution in [0.3, 0.4) is 0 Å². The Labute approximate surface area is 299 Å². The summed E-state index contributed by atoms with van der Waals surface area (Å²) < 4.78 is 21.4. The number of ether oxygens (including phenoxy) is 4. The third-order valence-electron chi connectivity index (χ3n) is 8.79. The van der Waals surface area contributed by atoms with Crippen molar-refractivity contribution >= 4 is 17.6 Å². The van der Waals surface area contributed by atoms with E-state index < -0.39 is 5.54 Å². The Morgan fingerprint density at radius 2 is 1.65 bits per heavy atom. The van der Waals surface area contributed by atoms with Crippen molar-refractivity contribution in [2.75, 3.05) is 58.6 Å². The number of hydrogen-bond donors (Lipinski definition) is 4. The van der Waals surface area contributed by atoms with Gasteiger partial charge in [-0.05, 0) is 107 Å². The molecule has 0 bridgehead atoms. The number of esters is 1. The highest BCUT2D eigenvalue weighted by atomic mass is 16.6. The maximum atomic E-state index is 13.4. The van der Waals surface area contributed by atoms with Gasteiger partial charge in [0.05, 0.1) is 25.3 Å². The first-order valence-electron chi connectivity index (χ1n) is 17.6. The van der Waals surface area contributed by atoms with Crippen molar-refractivity contribution < 1.29 is 28.5 Å². The van der Waals surface area contributed by atoms with E-state index in [1.54, 1.807) is 12.4 Å². The molecule has 1 amide bonds. The van der Waals surface area contributed by atoms with E-state index in [4.69, 9.17) is 14.2 Å². The number of unbranched alkanes of at least 4 members (excludes halogenated alkanes) is 2. The lowest BCUT2D eigenvalue weighted by Crippen LogP contribution is -2.46. The van der Waals surface area contributed by atoms with E-state index in [9.17, 15) is 9.59 Å². The van der Waals surface area contributed by atoms with Crippen molar-refractivity contribution in [3.05, 3.63) is 90.0 Å². The average molecular weight is 700 g/mol. The summed E-state index contributed by atoms with van der Waals surface area (Å²) in [6, 6.07) is 19.0. The number of aromatic amines is 1. The number of nitrogens with one attached hydrogen (secondary N) is 4. The summed E-state index contributed by atoms with van der Waals surface area (Å²) >= 11 is 0. The van der Waals surface area contributed by atoms with Gasteiger partial charge in [-0.2, -0.15) is 0 Å². The highest BCUT2D eigenvalue weighted by Gasteiger charge is 2.37. The zero-order valence-electron chi connectivity index (χ0n) is 29.5. The van der Waals surface area contributed by atoms with Crippen LogP contribution in [0.1, 0.15) is 73.2 Å². The lowest BCUT2D eigenvalue weighted by Gasteiger charge is -2.37. The Morgan fingerprint density at radius 3 is 2.47 bits per heavy atom. The van der Waals surface area contributed by atoms with Crippen molar-refractivity contribution in [2.45, 2.75) is 57.0 Å². The topological polar surface area (TPSA) is 162 Å². The normalized spacial score (nSPS) is 14.4. The summed E-state index contributed by atoms with van der Waals surface area (Å²) in [5, 5.41) is 19.3. The number of pyridine rings is 1. The Hall–Kier alpha value is -4.85. The van der Waals surface area contributed by atoms with Crippen LogP contribution in [0.2, 0.25) is 0 Å². The first kappa shape index (κ1) is 37.4. The average Bonchev–Trinajstić information content (AvgIpc) is 3.68. The molecule has 13 heteroatoms. The fourth-order valence-electron chi connectivity index (χ4n) is 5.90. The van der Waals surface area contributed by atoms with Crippen LogP contribution in [-0.4, -0.2) is 85.3 Å². The van der Waals surface area contributed by atoms with Crippen molar-refractivity contribution in [3.63, 3.8) is 0 Å². The van der Waals surface area contributed by atoms with Gasteiger partial charge < -0.3 is 39.9 Å². The molecule has 51 heavy (non-hydrogen) atoms. The second-order valence-electron chi connectivity index (χ2n) is 12.6. The number of carbonyl (C=O) groups is 2. The molecule has 0 spiro atoms. The number of aromatic nitrogens is 4. The first-order valence-corrected chi connectivity index (χ1v) is 17.6. The lowest BCUT2D eigenvalue weighted by atomic mass is 9.87. The van der Waals surface area contributed by atoms with E-state index in [0.29, 0.717) is 37.8 Å². The minimum absolute atomic E-state index is 0.0267. The molecule has 2 aromatic carbocycles. The Kier molecular flexibility index (Phi) is 14.3. The predicted octanol–water partition coefficient (Wildman–Crippen LogP) is 5.19. The number of piperidine rings is 1. The van der Waals surface area contributed by atoms with E-state index in [0.717, 1.165) is 80.0 Å². The number of nitrogens with zero attached hydrogens (tertiary/aromatic N) is 3. The standard InChI is InChI=1S/C38H49N7O6/c1-28(30-9-7-12-33(26-30)51-24-5-3-4-21-49-22-8-23-50-27-34(46)48-2)41-36(47)31-10-6-11-32(25-31)43-38(15-19-40-20-16-38)37-42-35(44-45-37)29-13-17-39-18-14-29/h6-7,9-14,17-18,25-26,28,40,43H,3-5,8,15-16,19-24,27H2,1-2H3,(H,41,47)(H,42,44,45)/t28-/m0/s1. The van der Waals surface area contributed by atoms with Gasteiger partial charge in [-0.1, -0.05) is 18.2 Å². The fourth-order valence-corrected chi connectivity index (χ4v) is 5.90. The van der Waals surface area contributed by atoms with Crippen LogP contribution < -0.4 is 20.7 Å². The van der Waals surface area contributed by atoms with Crippen molar-refractivity contribution in [3.8, 4) is 17.1 Å². The van der Waals surface area contributed by atoms with Gasteiger partial charge in [-0.25, -0.2) is 4.79 Å². The monoisotopic (exact) mass is 699 g/mol. The molecule has 4 N–H and O–H groups in total. The number of hydrogen-bond acceptors (Lipinski definition) is 11. The van der Waals surface area contributed by atoms with Crippen LogP contribution in [0, 0.1) is 0 Å². The molecule has 2 aromatic heterocycles. The molecule has 0 aliphatic carbocycles. The van der Waals surface area contributed by atoms with Crippen LogP contribution in [0.25, 0.3) is 11.4 Å². The maximum Gasteiger partial charge on any atom is 0.331 e. The molecule has 1 fully saturated rings. The highest BCUT2D eigenvalue weighted by Crippen LogP contribution is 2.34. The van der Waals surface area contributed by atoms with E-state index in [-0.39, 0.29) is 24.5 Å². The fraction of sp³-hybridized carbons (Fsp3) is 0.447. The number of benzene rings is 2. The van der Waals surface area contributed by atoms with Crippen molar-refractivity contribution in [1.29, 1.82) is 0 Å². The summed E-state index contributed by atoms with van der Waals surface area (Å²) in [7, 11) is 1.34. The number of carbonyl (C=O) groups excluding carboxylic acids is 2. The van der Waals surface area contributed by atoms with Gasteiger partial charge in [0.2, 0.25) is 0 Å². The molecule has 13 nitrogen and oxygen atoms in total. The Bertz CT molecular complexity index is 1660. The summed E-state index contributed by atoms with van der Waals surface area (Å²) in [5.41, 5.74) is 2.81. The van der Waals surface area contributed by atoms with Crippen LogP contribution in [0.5, 0.6) is 5.75 Å². The smallest absolute Gasteiger partial charge is 0.331 e. The molecule has 1 atom stereocenters. The molecule has 1 saturated heterocycles. The zero-order chi connectivity index (χ0) is 35.7. The molecular formula is C38H49N7O6. The SMILES string of the molecule is COC(=O)COCCCOCCCCCOc1cccc([C@H](C)NC(=O)c2cccc(NC3(c4nnc(-c5ccncc5)[nH]4)CCNCC3)c2)c1. The molecule has 5 rings (SSSR count). The molecule has 0 radical (unpaired) electrons. The molecule has 3 heterocycles.